The molecule has 0 aliphatic heterocycles. The maximum absolute atomic E-state index is 11.6. The molecule has 0 unspecified atom stereocenters. The fourth-order valence-electron chi connectivity index (χ4n) is 0.351. The normalized spacial score (nSPS) is 11.5. The Morgan fingerprint density at radius 1 is 1.40 bits per heavy atom. The van der Waals surface area contributed by atoms with Gasteiger partial charge in [-0.1, -0.05) is 0 Å². The zero-order chi connectivity index (χ0) is 7.61. The molecule has 0 amide bonds. The van der Waals surface area contributed by atoms with Gasteiger partial charge in [0.2, 0.25) is 6.33 Å². The first kappa shape index (κ1) is 6.91. The molecule has 3 nitrogen and oxygen atoms in total. The second-order valence-corrected chi connectivity index (χ2v) is 1.44. The van der Waals surface area contributed by atoms with Gasteiger partial charge in [-0.05, 0) is 0 Å². The van der Waals surface area contributed by atoms with Gasteiger partial charge in [0.05, 0.1) is 6.20 Å². The second kappa shape index (κ2) is 2.20. The van der Waals surface area contributed by atoms with Crippen molar-refractivity contribution in [1.29, 1.82) is 0 Å². The average Bonchev–Trinajstić information content (AvgIpc) is 1.88. The largest absolute Gasteiger partial charge is 0.435 e. The summed E-state index contributed by atoms with van der Waals surface area (Å²) in [5.41, 5.74) is -1.08. The molecule has 1 heterocycles. The standard InChI is InChI=1S/C4HF3N3/c5-4(6,7)3-1-9-10-2-8-3/h1H. The van der Waals surface area contributed by atoms with Crippen molar-refractivity contribution in [3.8, 4) is 0 Å². The summed E-state index contributed by atoms with van der Waals surface area (Å²) in [6.45, 7) is 0. The summed E-state index contributed by atoms with van der Waals surface area (Å²) in [6.07, 6.45) is -2.18. The lowest BCUT2D eigenvalue weighted by Gasteiger charge is -2.00. The van der Waals surface area contributed by atoms with E-state index >= 15 is 0 Å². The summed E-state index contributed by atoms with van der Waals surface area (Å²) in [4.78, 5) is 2.83. The lowest BCUT2D eigenvalue weighted by molar-refractivity contribution is -0.141. The molecule has 0 bridgehead atoms. The van der Waals surface area contributed by atoms with E-state index in [2.05, 4.69) is 15.2 Å². The van der Waals surface area contributed by atoms with Crippen molar-refractivity contribution in [2.75, 3.05) is 0 Å². The molecule has 0 aliphatic rings. The van der Waals surface area contributed by atoms with Crippen molar-refractivity contribution in [2.45, 2.75) is 6.18 Å². The highest BCUT2D eigenvalue weighted by Crippen LogP contribution is 2.25. The summed E-state index contributed by atoms with van der Waals surface area (Å²) in [5, 5.41) is 5.94. The van der Waals surface area contributed by atoms with Gasteiger partial charge in [0, 0.05) is 0 Å². The Kier molecular flexibility index (Phi) is 1.52. The fourth-order valence-corrected chi connectivity index (χ4v) is 0.351. The van der Waals surface area contributed by atoms with Crippen molar-refractivity contribution in [1.82, 2.24) is 15.2 Å². The molecule has 1 aromatic rings. The molecule has 0 aliphatic carbocycles. The first-order valence-corrected chi connectivity index (χ1v) is 2.23. The van der Waals surface area contributed by atoms with Gasteiger partial charge < -0.3 is 0 Å². The molecule has 0 spiro atoms. The summed E-state index contributed by atoms with van der Waals surface area (Å²) < 4.78 is 34.9. The Bertz CT molecular complexity index is 207. The van der Waals surface area contributed by atoms with E-state index in [1.807, 2.05) is 0 Å². The number of alkyl halides is 3. The monoisotopic (exact) mass is 148 g/mol. The summed E-state index contributed by atoms with van der Waals surface area (Å²) >= 11 is 0. The Balaban J connectivity index is 2.97. The number of nitrogens with zero attached hydrogens (tertiary/aromatic N) is 3. The highest BCUT2D eigenvalue weighted by atomic mass is 19.4. The van der Waals surface area contributed by atoms with Crippen LogP contribution in [-0.2, 0) is 6.18 Å². The van der Waals surface area contributed by atoms with Crippen LogP contribution in [0, 0.1) is 6.33 Å². The average molecular weight is 148 g/mol. The fraction of sp³-hybridized carbons (Fsp3) is 0.250. The Hall–Kier alpha value is -1.20. The number of hydrogen-bond acceptors (Lipinski definition) is 3. The van der Waals surface area contributed by atoms with Crippen LogP contribution in [0.5, 0.6) is 0 Å². The third-order valence-corrected chi connectivity index (χ3v) is 0.743. The molecule has 6 heteroatoms. The first-order valence-electron chi connectivity index (χ1n) is 2.23. The molecule has 0 aromatic carbocycles. The third-order valence-electron chi connectivity index (χ3n) is 0.743. The zero-order valence-corrected chi connectivity index (χ0v) is 4.55. The minimum absolute atomic E-state index is 0.538. The van der Waals surface area contributed by atoms with Gasteiger partial charge in [0.1, 0.15) is 0 Å². The van der Waals surface area contributed by atoms with Crippen molar-refractivity contribution < 1.29 is 13.2 Å². The minimum atomic E-state index is -4.45. The molecule has 0 N–H and O–H groups in total. The van der Waals surface area contributed by atoms with Crippen LogP contribution in [0.1, 0.15) is 5.69 Å². The van der Waals surface area contributed by atoms with Gasteiger partial charge >= 0.3 is 6.18 Å². The molecule has 0 saturated heterocycles. The van der Waals surface area contributed by atoms with E-state index in [1.54, 1.807) is 6.33 Å². The number of aromatic nitrogens is 3. The van der Waals surface area contributed by atoms with Gasteiger partial charge in [-0.2, -0.15) is 18.3 Å². The van der Waals surface area contributed by atoms with Crippen LogP contribution in [0.15, 0.2) is 6.20 Å². The number of hydrogen-bond donors (Lipinski definition) is 0. The molecule has 1 aromatic heterocycles. The van der Waals surface area contributed by atoms with E-state index in [1.165, 1.54) is 0 Å². The molecular formula is C4HF3N3. The van der Waals surface area contributed by atoms with Crippen LogP contribution < -0.4 is 0 Å². The van der Waals surface area contributed by atoms with E-state index in [0.29, 0.717) is 6.20 Å². The SMILES string of the molecule is FC(F)(F)c1cnn[c]n1. The molecule has 1 rings (SSSR count). The van der Waals surface area contributed by atoms with E-state index in [-0.39, 0.29) is 0 Å². The summed E-state index contributed by atoms with van der Waals surface area (Å²) in [5.74, 6) is 0. The molecule has 1 radical (unpaired) electrons. The predicted molar refractivity (Wildman–Crippen MR) is 23.7 cm³/mol. The minimum Gasteiger partial charge on any atom is -0.217 e. The van der Waals surface area contributed by atoms with Crippen LogP contribution in [0.25, 0.3) is 0 Å². The highest BCUT2D eigenvalue weighted by molar-refractivity contribution is 4.95. The van der Waals surface area contributed by atoms with E-state index in [4.69, 9.17) is 0 Å². The van der Waals surface area contributed by atoms with Crippen molar-refractivity contribution in [3.05, 3.63) is 18.2 Å². The summed E-state index contributed by atoms with van der Waals surface area (Å²) in [7, 11) is 0. The maximum Gasteiger partial charge on any atom is 0.435 e. The van der Waals surface area contributed by atoms with Crippen LogP contribution in [0.4, 0.5) is 13.2 Å². The van der Waals surface area contributed by atoms with Crippen LogP contribution in [0.2, 0.25) is 0 Å². The Labute approximate surface area is 53.9 Å². The topological polar surface area (TPSA) is 38.7 Å². The third kappa shape index (κ3) is 1.40. The van der Waals surface area contributed by atoms with Gasteiger partial charge in [0.15, 0.2) is 5.69 Å². The van der Waals surface area contributed by atoms with Gasteiger partial charge in [0.25, 0.3) is 0 Å². The quantitative estimate of drug-likeness (QED) is 0.543. The number of rotatable bonds is 0. The van der Waals surface area contributed by atoms with Crippen molar-refractivity contribution in [2.24, 2.45) is 0 Å². The van der Waals surface area contributed by atoms with Crippen LogP contribution in [0.3, 0.4) is 0 Å². The second-order valence-electron chi connectivity index (χ2n) is 1.44. The van der Waals surface area contributed by atoms with Crippen molar-refractivity contribution >= 4 is 0 Å². The smallest absolute Gasteiger partial charge is 0.217 e. The lowest BCUT2D eigenvalue weighted by Crippen LogP contribution is -2.08. The molecule has 0 saturated carbocycles. The van der Waals surface area contributed by atoms with Crippen LogP contribution in [-0.4, -0.2) is 15.2 Å². The van der Waals surface area contributed by atoms with Gasteiger partial charge in [-0.25, -0.2) is 4.98 Å². The van der Waals surface area contributed by atoms with E-state index in [9.17, 15) is 13.2 Å². The Morgan fingerprint density at radius 3 is 2.40 bits per heavy atom. The van der Waals surface area contributed by atoms with Crippen LogP contribution >= 0.6 is 0 Å². The zero-order valence-electron chi connectivity index (χ0n) is 4.55. The lowest BCUT2D eigenvalue weighted by atomic mass is 10.5. The molecular weight excluding hydrogens is 147 g/mol. The van der Waals surface area contributed by atoms with Gasteiger partial charge in [-0.3, -0.25) is 0 Å². The molecule has 0 fully saturated rings. The van der Waals surface area contributed by atoms with Gasteiger partial charge in [-0.15, -0.1) is 5.10 Å². The maximum atomic E-state index is 11.6. The molecule has 10 heavy (non-hydrogen) atoms. The number of halogens is 3. The summed E-state index contributed by atoms with van der Waals surface area (Å²) in [6, 6.07) is 0. The molecule has 0 atom stereocenters. The van der Waals surface area contributed by atoms with Crippen molar-refractivity contribution in [3.63, 3.8) is 0 Å². The predicted octanol–water partition coefficient (Wildman–Crippen LogP) is 0.691. The Morgan fingerprint density at radius 2 is 2.10 bits per heavy atom. The van der Waals surface area contributed by atoms with E-state index in [0.717, 1.165) is 0 Å². The van der Waals surface area contributed by atoms with E-state index < -0.39 is 11.9 Å². The highest BCUT2D eigenvalue weighted by Gasteiger charge is 2.32. The first-order chi connectivity index (χ1) is 4.61. The molecule has 53 valence electrons.